The number of hydrogen-bond donors (Lipinski definition) is 2. The lowest BCUT2D eigenvalue weighted by Crippen LogP contribution is -2.51. The van der Waals surface area contributed by atoms with Crippen LogP contribution in [0.25, 0.3) is 0 Å². The van der Waals surface area contributed by atoms with E-state index in [1.807, 2.05) is 6.92 Å². The van der Waals surface area contributed by atoms with E-state index in [-0.39, 0.29) is 5.92 Å². The van der Waals surface area contributed by atoms with Gasteiger partial charge in [-0.3, -0.25) is 4.79 Å². The van der Waals surface area contributed by atoms with E-state index in [1.165, 1.54) is 0 Å². The fraction of sp³-hybridized carbons (Fsp3) is 0.889. The van der Waals surface area contributed by atoms with Gasteiger partial charge in [0, 0.05) is 6.54 Å². The van der Waals surface area contributed by atoms with Gasteiger partial charge in [-0.2, -0.15) is 5.06 Å². The van der Waals surface area contributed by atoms with Crippen LogP contribution in [0.4, 0.5) is 0 Å². The van der Waals surface area contributed by atoms with Crippen LogP contribution in [0.5, 0.6) is 0 Å². The molecule has 1 aliphatic rings. The summed E-state index contributed by atoms with van der Waals surface area (Å²) in [5, 5.41) is 19.9. The Morgan fingerprint density at radius 2 is 1.92 bits per heavy atom. The molecule has 1 fully saturated rings. The molecular formula is C9H17NO3. The van der Waals surface area contributed by atoms with Crippen LogP contribution >= 0.6 is 0 Å². The minimum absolute atomic E-state index is 0.0509. The average molecular weight is 187 g/mol. The first kappa shape index (κ1) is 10.5. The summed E-state index contributed by atoms with van der Waals surface area (Å²) >= 11 is 0. The Bertz CT molecular complexity index is 239. The van der Waals surface area contributed by atoms with Gasteiger partial charge in [0.1, 0.15) is 0 Å². The molecule has 2 N–H and O–H groups in total. The lowest BCUT2D eigenvalue weighted by Gasteiger charge is -2.38. The van der Waals surface area contributed by atoms with Gasteiger partial charge in [-0.15, -0.1) is 0 Å². The first-order valence-corrected chi connectivity index (χ1v) is 4.44. The van der Waals surface area contributed by atoms with E-state index in [2.05, 4.69) is 0 Å². The fourth-order valence-electron chi connectivity index (χ4n) is 2.01. The summed E-state index contributed by atoms with van der Waals surface area (Å²) in [5.74, 6) is -0.897. The SMILES string of the molecule is CC1CN(O)C(C)(C)C1(C)C(=O)O. The lowest BCUT2D eigenvalue weighted by molar-refractivity contribution is -0.177. The molecule has 0 aromatic rings. The molecule has 0 spiro atoms. The zero-order valence-electron chi connectivity index (χ0n) is 8.53. The van der Waals surface area contributed by atoms with Gasteiger partial charge in [0.25, 0.3) is 0 Å². The molecule has 2 atom stereocenters. The number of hydroxylamine groups is 2. The smallest absolute Gasteiger partial charge is 0.311 e. The first-order valence-electron chi connectivity index (χ1n) is 4.44. The number of carboxylic acids is 1. The Labute approximate surface area is 78.1 Å². The van der Waals surface area contributed by atoms with Crippen LogP contribution in [0.3, 0.4) is 0 Å². The van der Waals surface area contributed by atoms with Crippen LogP contribution in [0.15, 0.2) is 0 Å². The van der Waals surface area contributed by atoms with E-state index >= 15 is 0 Å². The first-order chi connectivity index (χ1) is 5.74. The number of hydrogen-bond acceptors (Lipinski definition) is 3. The minimum Gasteiger partial charge on any atom is -0.481 e. The predicted molar refractivity (Wildman–Crippen MR) is 47.5 cm³/mol. The number of aliphatic carboxylic acids is 1. The summed E-state index contributed by atoms with van der Waals surface area (Å²) in [6.07, 6.45) is 0. The highest BCUT2D eigenvalue weighted by Crippen LogP contribution is 2.47. The molecule has 1 rings (SSSR count). The number of rotatable bonds is 1. The second-order valence-corrected chi connectivity index (χ2v) is 4.55. The third-order valence-electron chi connectivity index (χ3n) is 3.79. The van der Waals surface area contributed by atoms with Gasteiger partial charge in [-0.1, -0.05) is 6.92 Å². The summed E-state index contributed by atoms with van der Waals surface area (Å²) in [4.78, 5) is 11.2. The third kappa shape index (κ3) is 1.09. The number of nitrogens with zero attached hydrogens (tertiary/aromatic N) is 1. The standard InChI is InChI=1S/C9H17NO3/c1-6-5-10(13)8(2,3)9(6,4)7(11)12/h6,13H,5H2,1-4H3,(H,11,12). The van der Waals surface area contributed by atoms with Crippen molar-refractivity contribution in [2.24, 2.45) is 11.3 Å². The van der Waals surface area contributed by atoms with Crippen molar-refractivity contribution in [3.63, 3.8) is 0 Å². The highest BCUT2D eigenvalue weighted by Gasteiger charge is 2.59. The monoisotopic (exact) mass is 187 g/mol. The van der Waals surface area contributed by atoms with Gasteiger partial charge in [0.05, 0.1) is 11.0 Å². The largest absolute Gasteiger partial charge is 0.481 e. The highest BCUT2D eigenvalue weighted by molar-refractivity contribution is 5.77. The van der Waals surface area contributed by atoms with Crippen molar-refractivity contribution in [3.8, 4) is 0 Å². The van der Waals surface area contributed by atoms with Crippen molar-refractivity contribution in [1.82, 2.24) is 5.06 Å². The molecule has 0 radical (unpaired) electrons. The van der Waals surface area contributed by atoms with Gasteiger partial charge in [0.2, 0.25) is 0 Å². The maximum absolute atomic E-state index is 11.2. The zero-order valence-corrected chi connectivity index (χ0v) is 8.53. The van der Waals surface area contributed by atoms with Gasteiger partial charge in [-0.05, 0) is 26.7 Å². The predicted octanol–water partition coefficient (Wildman–Crippen LogP) is 1.20. The van der Waals surface area contributed by atoms with Crippen molar-refractivity contribution in [2.45, 2.75) is 33.2 Å². The Hall–Kier alpha value is -0.610. The van der Waals surface area contributed by atoms with E-state index in [0.29, 0.717) is 6.54 Å². The van der Waals surface area contributed by atoms with Crippen molar-refractivity contribution in [3.05, 3.63) is 0 Å². The maximum atomic E-state index is 11.2. The van der Waals surface area contributed by atoms with Gasteiger partial charge >= 0.3 is 5.97 Å². The van der Waals surface area contributed by atoms with Crippen LogP contribution in [0.1, 0.15) is 27.7 Å². The molecule has 0 aromatic carbocycles. The molecule has 4 heteroatoms. The molecule has 1 saturated heterocycles. The van der Waals surface area contributed by atoms with E-state index in [4.69, 9.17) is 5.11 Å². The van der Waals surface area contributed by atoms with Crippen LogP contribution < -0.4 is 0 Å². The van der Waals surface area contributed by atoms with Crippen molar-refractivity contribution < 1.29 is 15.1 Å². The molecule has 13 heavy (non-hydrogen) atoms. The summed E-state index contributed by atoms with van der Waals surface area (Å²) in [6, 6.07) is 0. The fourth-order valence-corrected chi connectivity index (χ4v) is 2.01. The molecule has 0 aromatic heterocycles. The summed E-state index contributed by atoms with van der Waals surface area (Å²) in [6.45, 7) is 7.47. The Morgan fingerprint density at radius 1 is 1.46 bits per heavy atom. The van der Waals surface area contributed by atoms with E-state index < -0.39 is 16.9 Å². The topological polar surface area (TPSA) is 60.8 Å². The molecule has 0 saturated carbocycles. The quantitative estimate of drug-likeness (QED) is 0.647. The van der Waals surface area contributed by atoms with Crippen LogP contribution in [0.2, 0.25) is 0 Å². The second-order valence-electron chi connectivity index (χ2n) is 4.55. The number of carbonyl (C=O) groups is 1. The average Bonchev–Trinajstić information content (AvgIpc) is 2.13. The van der Waals surface area contributed by atoms with E-state index in [9.17, 15) is 10.0 Å². The van der Waals surface area contributed by atoms with Crippen molar-refractivity contribution in [2.75, 3.05) is 6.54 Å². The zero-order chi connectivity index (χ0) is 10.4. The van der Waals surface area contributed by atoms with Crippen LogP contribution in [-0.2, 0) is 4.79 Å². The molecule has 2 unspecified atom stereocenters. The molecule has 76 valence electrons. The molecule has 1 aliphatic heterocycles. The van der Waals surface area contributed by atoms with E-state index in [1.54, 1.807) is 20.8 Å². The highest BCUT2D eigenvalue weighted by atomic mass is 16.5. The molecule has 0 amide bonds. The Kier molecular flexibility index (Phi) is 2.16. The molecular weight excluding hydrogens is 170 g/mol. The Balaban J connectivity index is 3.14. The third-order valence-corrected chi connectivity index (χ3v) is 3.79. The molecule has 0 aliphatic carbocycles. The van der Waals surface area contributed by atoms with E-state index in [0.717, 1.165) is 5.06 Å². The van der Waals surface area contributed by atoms with Gasteiger partial charge in [0.15, 0.2) is 0 Å². The summed E-state index contributed by atoms with van der Waals surface area (Å²) in [7, 11) is 0. The lowest BCUT2D eigenvalue weighted by atomic mass is 9.69. The van der Waals surface area contributed by atoms with Gasteiger partial charge < -0.3 is 10.3 Å². The summed E-state index contributed by atoms with van der Waals surface area (Å²) < 4.78 is 0. The maximum Gasteiger partial charge on any atom is 0.311 e. The molecule has 1 heterocycles. The van der Waals surface area contributed by atoms with Gasteiger partial charge in [-0.25, -0.2) is 0 Å². The van der Waals surface area contributed by atoms with Crippen LogP contribution in [-0.4, -0.2) is 33.4 Å². The van der Waals surface area contributed by atoms with Crippen molar-refractivity contribution >= 4 is 5.97 Å². The molecule has 4 nitrogen and oxygen atoms in total. The normalized spacial score (nSPS) is 39.3. The Morgan fingerprint density at radius 3 is 2.08 bits per heavy atom. The van der Waals surface area contributed by atoms with Crippen LogP contribution in [0, 0.1) is 11.3 Å². The second kappa shape index (κ2) is 2.69. The summed E-state index contributed by atoms with van der Waals surface area (Å²) in [5.41, 5.74) is -1.60. The number of carboxylic acid groups (broad SMARTS) is 1. The molecule has 0 bridgehead atoms. The minimum atomic E-state index is -0.887. The van der Waals surface area contributed by atoms with Crippen molar-refractivity contribution in [1.29, 1.82) is 0 Å².